The van der Waals surface area contributed by atoms with Crippen molar-refractivity contribution in [2.24, 2.45) is 0 Å². The number of rotatable bonds is 3. The van der Waals surface area contributed by atoms with Gasteiger partial charge in [-0.1, -0.05) is 6.07 Å². The Morgan fingerprint density at radius 1 is 1.15 bits per heavy atom. The number of nitrogens with one attached hydrogen (secondary N) is 1. The summed E-state index contributed by atoms with van der Waals surface area (Å²) in [6, 6.07) is 11.0. The number of amides is 1. The maximum absolute atomic E-state index is 13.6. The summed E-state index contributed by atoms with van der Waals surface area (Å²) >= 11 is 0. The fraction of sp³-hybridized carbons (Fsp3) is 0.158. The van der Waals surface area contributed by atoms with Crippen molar-refractivity contribution < 1.29 is 18.3 Å². The number of halogens is 2. The van der Waals surface area contributed by atoms with E-state index in [1.165, 1.54) is 6.07 Å². The first-order valence-corrected chi connectivity index (χ1v) is 8.03. The van der Waals surface area contributed by atoms with E-state index in [0.29, 0.717) is 22.8 Å². The Morgan fingerprint density at radius 2 is 1.92 bits per heavy atom. The van der Waals surface area contributed by atoms with Crippen LogP contribution in [0.1, 0.15) is 23.6 Å². The normalized spacial score (nSPS) is 16.1. The van der Waals surface area contributed by atoms with E-state index in [1.807, 2.05) is 12.1 Å². The van der Waals surface area contributed by atoms with Gasteiger partial charge in [0.1, 0.15) is 17.9 Å². The molecule has 0 aliphatic carbocycles. The van der Waals surface area contributed by atoms with Crippen molar-refractivity contribution in [3.8, 4) is 11.4 Å². The van der Waals surface area contributed by atoms with Crippen LogP contribution in [0.3, 0.4) is 0 Å². The van der Waals surface area contributed by atoms with E-state index in [4.69, 9.17) is 4.74 Å². The van der Waals surface area contributed by atoms with Gasteiger partial charge in [-0.05, 0) is 42.0 Å². The van der Waals surface area contributed by atoms with Crippen molar-refractivity contribution >= 4 is 11.7 Å². The van der Waals surface area contributed by atoms with Crippen LogP contribution in [0.25, 0.3) is 5.69 Å². The summed E-state index contributed by atoms with van der Waals surface area (Å²) in [5.41, 5.74) is 1.93. The maximum Gasteiger partial charge on any atom is 0.226 e. The largest absolute Gasteiger partial charge is 0.497 e. The fourth-order valence-corrected chi connectivity index (χ4v) is 3.15. The Bertz CT molecular complexity index is 983. The molecule has 2 aromatic carbocycles. The second kappa shape index (κ2) is 6.25. The molecule has 132 valence electrons. The van der Waals surface area contributed by atoms with E-state index in [9.17, 15) is 13.6 Å². The number of imidazole rings is 1. The number of ether oxygens (including phenoxy) is 1. The summed E-state index contributed by atoms with van der Waals surface area (Å²) in [6.45, 7) is 0. The van der Waals surface area contributed by atoms with Gasteiger partial charge in [-0.25, -0.2) is 13.8 Å². The molecule has 1 amide bonds. The fourth-order valence-electron chi connectivity index (χ4n) is 3.15. The highest BCUT2D eigenvalue weighted by Crippen LogP contribution is 2.37. The summed E-state index contributed by atoms with van der Waals surface area (Å²) in [7, 11) is 1.58. The Labute approximate surface area is 148 Å². The van der Waals surface area contributed by atoms with Gasteiger partial charge in [0, 0.05) is 18.0 Å². The van der Waals surface area contributed by atoms with Gasteiger partial charge in [-0.15, -0.1) is 0 Å². The van der Waals surface area contributed by atoms with Crippen LogP contribution in [0.4, 0.5) is 14.6 Å². The van der Waals surface area contributed by atoms with Gasteiger partial charge in [-0.3, -0.25) is 9.36 Å². The Kier molecular flexibility index (Phi) is 3.91. The zero-order valence-corrected chi connectivity index (χ0v) is 13.9. The third-order valence-electron chi connectivity index (χ3n) is 4.47. The zero-order chi connectivity index (χ0) is 18.3. The highest BCUT2D eigenvalue weighted by molar-refractivity contribution is 5.94. The molecule has 0 spiro atoms. The predicted molar refractivity (Wildman–Crippen MR) is 91.6 cm³/mol. The lowest BCUT2D eigenvalue weighted by molar-refractivity contribution is -0.116. The first-order chi connectivity index (χ1) is 12.6. The van der Waals surface area contributed by atoms with E-state index in [2.05, 4.69) is 10.3 Å². The van der Waals surface area contributed by atoms with Crippen molar-refractivity contribution in [3.63, 3.8) is 0 Å². The average molecular weight is 355 g/mol. The van der Waals surface area contributed by atoms with Crippen LogP contribution in [0.2, 0.25) is 0 Å². The van der Waals surface area contributed by atoms with Crippen LogP contribution >= 0.6 is 0 Å². The highest BCUT2D eigenvalue weighted by atomic mass is 19.2. The summed E-state index contributed by atoms with van der Waals surface area (Å²) in [5, 5.41) is 2.82. The lowest BCUT2D eigenvalue weighted by atomic mass is 9.89. The van der Waals surface area contributed by atoms with Crippen LogP contribution in [0.5, 0.6) is 5.75 Å². The minimum atomic E-state index is -0.940. The molecule has 1 aromatic heterocycles. The number of hydrogen-bond acceptors (Lipinski definition) is 3. The average Bonchev–Trinajstić information content (AvgIpc) is 3.07. The van der Waals surface area contributed by atoms with Gasteiger partial charge in [-0.2, -0.15) is 0 Å². The van der Waals surface area contributed by atoms with Crippen molar-refractivity contribution in [1.29, 1.82) is 0 Å². The van der Waals surface area contributed by atoms with Crippen LogP contribution in [-0.4, -0.2) is 22.6 Å². The number of carbonyl (C=O) groups is 1. The number of benzene rings is 2. The molecule has 0 fully saturated rings. The molecule has 1 atom stereocenters. The molecule has 0 saturated carbocycles. The van der Waals surface area contributed by atoms with Crippen LogP contribution < -0.4 is 10.1 Å². The molecule has 3 aromatic rings. The Balaban J connectivity index is 1.78. The van der Waals surface area contributed by atoms with E-state index in [-0.39, 0.29) is 12.3 Å². The molecule has 0 radical (unpaired) electrons. The molecule has 4 rings (SSSR count). The van der Waals surface area contributed by atoms with Crippen LogP contribution in [0.15, 0.2) is 48.8 Å². The van der Waals surface area contributed by atoms with Crippen molar-refractivity contribution in [2.75, 3.05) is 12.4 Å². The quantitative estimate of drug-likeness (QED) is 0.781. The van der Waals surface area contributed by atoms with Crippen LogP contribution in [0, 0.1) is 11.6 Å². The highest BCUT2D eigenvalue weighted by Gasteiger charge is 2.31. The topological polar surface area (TPSA) is 56.1 Å². The molecular formula is C19H15F2N3O2. The standard InChI is InChI=1S/C19H15F2N3O2/c1-26-13-5-3-12(4-6-13)24-10-22-18-14(9-17(25)23-19(18)24)11-2-7-15(20)16(21)8-11/h2-8,10,14H,9H2,1H3,(H,23,25). The minimum absolute atomic E-state index is 0.123. The number of hydrogen-bond donors (Lipinski definition) is 1. The summed E-state index contributed by atoms with van der Waals surface area (Å²) in [5.74, 6) is -1.26. The zero-order valence-electron chi connectivity index (χ0n) is 13.9. The number of anilines is 1. The van der Waals surface area contributed by atoms with Gasteiger partial charge < -0.3 is 10.1 Å². The Hall–Kier alpha value is -3.22. The SMILES string of the molecule is COc1ccc(-n2cnc3c2NC(=O)CC3c2ccc(F)c(F)c2)cc1. The van der Waals surface area contributed by atoms with Gasteiger partial charge in [0.15, 0.2) is 11.6 Å². The molecule has 1 unspecified atom stereocenters. The second-order valence-electron chi connectivity index (χ2n) is 6.02. The van der Waals surface area contributed by atoms with Gasteiger partial charge >= 0.3 is 0 Å². The predicted octanol–water partition coefficient (Wildman–Crippen LogP) is 3.63. The molecule has 1 aliphatic heterocycles. The molecule has 2 heterocycles. The van der Waals surface area contributed by atoms with Crippen molar-refractivity contribution in [3.05, 3.63) is 71.7 Å². The molecule has 0 saturated heterocycles. The molecule has 5 nitrogen and oxygen atoms in total. The van der Waals surface area contributed by atoms with Gasteiger partial charge in [0.25, 0.3) is 0 Å². The van der Waals surface area contributed by atoms with Crippen LogP contribution in [-0.2, 0) is 4.79 Å². The second-order valence-corrected chi connectivity index (χ2v) is 6.02. The van der Waals surface area contributed by atoms with E-state index in [1.54, 1.807) is 30.1 Å². The smallest absolute Gasteiger partial charge is 0.226 e. The molecule has 1 N–H and O–H groups in total. The molecular weight excluding hydrogens is 340 g/mol. The molecule has 0 bridgehead atoms. The first-order valence-electron chi connectivity index (χ1n) is 8.03. The van der Waals surface area contributed by atoms with Gasteiger partial charge in [0.2, 0.25) is 5.91 Å². The van der Waals surface area contributed by atoms with Gasteiger partial charge in [0.05, 0.1) is 12.8 Å². The maximum atomic E-state index is 13.6. The number of carbonyl (C=O) groups excluding carboxylic acids is 1. The van der Waals surface area contributed by atoms with E-state index in [0.717, 1.165) is 17.8 Å². The Morgan fingerprint density at radius 3 is 2.62 bits per heavy atom. The third kappa shape index (κ3) is 2.71. The molecule has 26 heavy (non-hydrogen) atoms. The third-order valence-corrected chi connectivity index (χ3v) is 4.47. The lowest BCUT2D eigenvalue weighted by Crippen LogP contribution is -2.25. The monoisotopic (exact) mass is 355 g/mol. The molecule has 7 heteroatoms. The molecule has 1 aliphatic rings. The lowest BCUT2D eigenvalue weighted by Gasteiger charge is -2.23. The number of methoxy groups -OCH3 is 1. The van der Waals surface area contributed by atoms with E-state index >= 15 is 0 Å². The first kappa shape index (κ1) is 16.3. The number of aromatic nitrogens is 2. The summed E-state index contributed by atoms with van der Waals surface area (Å²) in [6.07, 6.45) is 1.72. The van der Waals surface area contributed by atoms with E-state index < -0.39 is 17.6 Å². The van der Waals surface area contributed by atoms with Crippen molar-refractivity contribution in [2.45, 2.75) is 12.3 Å². The number of fused-ring (bicyclic) bond motifs is 1. The van der Waals surface area contributed by atoms with Crippen molar-refractivity contribution in [1.82, 2.24) is 9.55 Å². The minimum Gasteiger partial charge on any atom is -0.497 e. The summed E-state index contributed by atoms with van der Waals surface area (Å²) < 4.78 is 33.8. The summed E-state index contributed by atoms with van der Waals surface area (Å²) in [4.78, 5) is 16.6. The number of nitrogens with zero attached hydrogens (tertiary/aromatic N) is 2.